The summed E-state index contributed by atoms with van der Waals surface area (Å²) in [5, 5.41) is 0. The Kier molecular flexibility index (Phi) is 4.76. The average Bonchev–Trinajstić information content (AvgIpc) is 2.69. The molecular formula is C22H19NO2S. The fourth-order valence-corrected chi connectivity index (χ4v) is 4.68. The molecule has 0 bridgehead atoms. The van der Waals surface area contributed by atoms with Crippen LogP contribution in [0.15, 0.2) is 88.7 Å². The Morgan fingerprint density at radius 1 is 0.923 bits per heavy atom. The molecule has 4 rings (SSSR count). The molecule has 0 N–H and O–H groups in total. The van der Waals surface area contributed by atoms with Gasteiger partial charge in [-0.05, 0) is 37.1 Å². The highest BCUT2D eigenvalue weighted by Crippen LogP contribution is 2.42. The minimum Gasteiger partial charge on any atom is -0.271 e. The van der Waals surface area contributed by atoms with Crippen LogP contribution >= 0.6 is 11.8 Å². The highest BCUT2D eigenvalue weighted by Gasteiger charge is 2.40. The van der Waals surface area contributed by atoms with Gasteiger partial charge in [-0.3, -0.25) is 14.5 Å². The largest absolute Gasteiger partial charge is 0.271 e. The normalized spacial score (nSPS) is 21.9. The van der Waals surface area contributed by atoms with Gasteiger partial charge in [-0.25, -0.2) is 0 Å². The van der Waals surface area contributed by atoms with E-state index in [2.05, 4.69) is 12.2 Å². The van der Waals surface area contributed by atoms with Crippen molar-refractivity contribution in [3.05, 3.63) is 89.4 Å². The summed E-state index contributed by atoms with van der Waals surface area (Å²) in [6.45, 7) is 0. The van der Waals surface area contributed by atoms with Gasteiger partial charge in [0.25, 0.3) is 11.8 Å². The molecule has 0 fully saturated rings. The van der Waals surface area contributed by atoms with Gasteiger partial charge in [0, 0.05) is 27.4 Å². The third-order valence-corrected chi connectivity index (χ3v) is 5.98. The van der Waals surface area contributed by atoms with Crippen molar-refractivity contribution in [1.29, 1.82) is 0 Å². The molecule has 2 amide bonds. The molecule has 2 atom stereocenters. The molecular weight excluding hydrogens is 342 g/mol. The van der Waals surface area contributed by atoms with E-state index in [9.17, 15) is 9.59 Å². The summed E-state index contributed by atoms with van der Waals surface area (Å²) in [5.74, 6) is -0.259. The molecule has 1 aliphatic heterocycles. The van der Waals surface area contributed by atoms with Crippen molar-refractivity contribution in [2.24, 2.45) is 5.92 Å². The summed E-state index contributed by atoms with van der Waals surface area (Å²) in [5.41, 5.74) is 0.557. The van der Waals surface area contributed by atoms with Gasteiger partial charge < -0.3 is 0 Å². The smallest absolute Gasteiger partial charge is 0.261 e. The highest BCUT2D eigenvalue weighted by molar-refractivity contribution is 8.03. The Bertz CT molecular complexity index is 874. The maximum absolute atomic E-state index is 13.0. The predicted octanol–water partition coefficient (Wildman–Crippen LogP) is 4.68. The zero-order chi connectivity index (χ0) is 17.9. The number of hydrogen-bond donors (Lipinski definition) is 0. The molecule has 1 heterocycles. The average molecular weight is 361 g/mol. The number of imide groups is 1. The molecule has 3 nitrogen and oxygen atoms in total. The van der Waals surface area contributed by atoms with Crippen LogP contribution in [0.1, 0.15) is 23.2 Å². The van der Waals surface area contributed by atoms with E-state index in [0.29, 0.717) is 12.0 Å². The molecule has 2 aromatic rings. The van der Waals surface area contributed by atoms with Crippen LogP contribution in [-0.2, 0) is 4.79 Å². The van der Waals surface area contributed by atoms with Crippen LogP contribution in [0, 0.1) is 5.92 Å². The van der Waals surface area contributed by atoms with E-state index in [1.165, 1.54) is 4.90 Å². The fraction of sp³-hybridized carbons (Fsp3) is 0.182. The van der Waals surface area contributed by atoms with Crippen LogP contribution in [-0.4, -0.2) is 22.8 Å². The molecule has 0 spiro atoms. The highest BCUT2D eigenvalue weighted by atomic mass is 32.2. The standard InChI is InChI=1S/C22H19NO2S/c24-21-15-20(26-17-11-5-2-6-12-17)18-13-7-8-14-19(18)23(21)22(25)16-9-3-1-4-10-16/h1-12,15,18-19H,13-14H2/t18-,19+/m1/s1. The van der Waals surface area contributed by atoms with Crippen LogP contribution in [0.5, 0.6) is 0 Å². The lowest BCUT2D eigenvalue weighted by Gasteiger charge is -2.40. The molecule has 0 saturated carbocycles. The van der Waals surface area contributed by atoms with E-state index in [1.54, 1.807) is 30.0 Å². The lowest BCUT2D eigenvalue weighted by Crippen LogP contribution is -2.51. The van der Waals surface area contributed by atoms with Gasteiger partial charge in [0.1, 0.15) is 0 Å². The van der Waals surface area contributed by atoms with Crippen LogP contribution in [0.25, 0.3) is 0 Å². The Morgan fingerprint density at radius 3 is 2.31 bits per heavy atom. The number of thioether (sulfide) groups is 1. The van der Waals surface area contributed by atoms with Gasteiger partial charge in [-0.15, -0.1) is 0 Å². The second-order valence-electron chi connectivity index (χ2n) is 6.46. The first kappa shape index (κ1) is 16.9. The zero-order valence-electron chi connectivity index (χ0n) is 14.2. The molecule has 4 heteroatoms. The summed E-state index contributed by atoms with van der Waals surface area (Å²) >= 11 is 1.63. The van der Waals surface area contributed by atoms with E-state index in [4.69, 9.17) is 0 Å². The Balaban J connectivity index is 1.67. The maximum atomic E-state index is 13.0. The Morgan fingerprint density at radius 2 is 1.58 bits per heavy atom. The number of amides is 2. The Hall–Kier alpha value is -2.59. The van der Waals surface area contributed by atoms with Crippen LogP contribution in [0.4, 0.5) is 0 Å². The molecule has 0 aromatic heterocycles. The number of benzene rings is 2. The summed E-state index contributed by atoms with van der Waals surface area (Å²) in [4.78, 5) is 29.5. The van der Waals surface area contributed by atoms with E-state index < -0.39 is 0 Å². The van der Waals surface area contributed by atoms with Crippen molar-refractivity contribution in [3.8, 4) is 0 Å². The van der Waals surface area contributed by atoms with Crippen molar-refractivity contribution >= 4 is 23.6 Å². The Labute approximate surface area is 157 Å². The number of allylic oxidation sites excluding steroid dienone is 1. The van der Waals surface area contributed by atoms with Crippen molar-refractivity contribution in [3.63, 3.8) is 0 Å². The van der Waals surface area contributed by atoms with Gasteiger partial charge in [0.15, 0.2) is 0 Å². The summed E-state index contributed by atoms with van der Waals surface area (Å²) in [6.07, 6.45) is 7.44. The lowest BCUT2D eigenvalue weighted by molar-refractivity contribution is -0.127. The quantitative estimate of drug-likeness (QED) is 0.588. The van der Waals surface area contributed by atoms with Crippen LogP contribution in [0.3, 0.4) is 0 Å². The number of nitrogens with zero attached hydrogens (tertiary/aromatic N) is 1. The third-order valence-electron chi connectivity index (χ3n) is 4.82. The molecule has 0 saturated heterocycles. The molecule has 130 valence electrons. The van der Waals surface area contributed by atoms with Gasteiger partial charge in [0.05, 0.1) is 6.04 Å². The van der Waals surface area contributed by atoms with Gasteiger partial charge in [-0.2, -0.15) is 0 Å². The summed E-state index contributed by atoms with van der Waals surface area (Å²) in [7, 11) is 0. The fourth-order valence-electron chi connectivity index (χ4n) is 3.55. The molecule has 26 heavy (non-hydrogen) atoms. The topological polar surface area (TPSA) is 37.4 Å². The van der Waals surface area contributed by atoms with Crippen molar-refractivity contribution in [2.45, 2.75) is 23.8 Å². The van der Waals surface area contributed by atoms with E-state index in [-0.39, 0.29) is 23.8 Å². The van der Waals surface area contributed by atoms with Crippen molar-refractivity contribution in [2.75, 3.05) is 0 Å². The number of hydrogen-bond acceptors (Lipinski definition) is 3. The van der Waals surface area contributed by atoms with Gasteiger partial charge in [0.2, 0.25) is 0 Å². The number of rotatable bonds is 3. The number of fused-ring (bicyclic) bond motifs is 1. The second kappa shape index (κ2) is 7.34. The monoisotopic (exact) mass is 361 g/mol. The van der Waals surface area contributed by atoms with Crippen LogP contribution < -0.4 is 0 Å². The molecule has 0 unspecified atom stereocenters. The predicted molar refractivity (Wildman–Crippen MR) is 104 cm³/mol. The molecule has 0 radical (unpaired) electrons. The van der Waals surface area contributed by atoms with E-state index >= 15 is 0 Å². The summed E-state index contributed by atoms with van der Waals surface area (Å²) in [6, 6.07) is 19.0. The van der Waals surface area contributed by atoms with E-state index in [1.807, 2.05) is 48.5 Å². The SMILES string of the molecule is O=C1C=C(Sc2ccccc2)[C@@H]2CC=CC[C@@H]2N1C(=O)c1ccccc1. The van der Waals surface area contributed by atoms with Crippen molar-refractivity contribution < 1.29 is 9.59 Å². The number of carbonyl (C=O) groups is 2. The second-order valence-corrected chi connectivity index (χ2v) is 7.60. The minimum absolute atomic E-state index is 0.114. The first-order valence-electron chi connectivity index (χ1n) is 8.76. The van der Waals surface area contributed by atoms with Gasteiger partial charge in [-0.1, -0.05) is 60.3 Å². The minimum atomic E-state index is -0.214. The summed E-state index contributed by atoms with van der Waals surface area (Å²) < 4.78 is 0. The van der Waals surface area contributed by atoms with Crippen molar-refractivity contribution in [1.82, 2.24) is 4.90 Å². The lowest BCUT2D eigenvalue weighted by atomic mass is 9.84. The molecule has 1 aliphatic carbocycles. The van der Waals surface area contributed by atoms with E-state index in [0.717, 1.165) is 16.2 Å². The zero-order valence-corrected chi connectivity index (χ0v) is 15.1. The molecule has 2 aromatic carbocycles. The number of carbonyl (C=O) groups excluding carboxylic acids is 2. The van der Waals surface area contributed by atoms with Gasteiger partial charge >= 0.3 is 0 Å². The first-order valence-corrected chi connectivity index (χ1v) is 9.58. The maximum Gasteiger partial charge on any atom is 0.261 e. The molecule has 2 aliphatic rings. The first-order chi connectivity index (χ1) is 12.7. The van der Waals surface area contributed by atoms with Crippen LogP contribution in [0.2, 0.25) is 0 Å². The third kappa shape index (κ3) is 3.25.